The van der Waals surface area contributed by atoms with Crippen molar-refractivity contribution in [3.05, 3.63) is 74.5 Å². The first kappa shape index (κ1) is 22.8. The standard InChI is InChI=1S/C26H25N3O3S2/c1-3-17-10-12-19(13-11-17)32-23-20(24(30)28-14-6-7-16(2)22(28)27-23)15-21-25(31)29(26(33)34-21)18-8-4-5-9-18/h6-7,10-15,18H,3-5,8-9H2,1-2H3/b21-15+. The Balaban J connectivity index is 1.61. The monoisotopic (exact) mass is 491 g/mol. The maximum atomic E-state index is 13.5. The van der Waals surface area contributed by atoms with Crippen molar-refractivity contribution in [2.45, 2.75) is 52.0 Å². The quantitative estimate of drug-likeness (QED) is 0.347. The Labute approximate surface area is 207 Å². The molecule has 1 saturated carbocycles. The van der Waals surface area contributed by atoms with Crippen LogP contribution in [-0.4, -0.2) is 30.6 Å². The maximum Gasteiger partial charge on any atom is 0.269 e. The number of hydrogen-bond donors (Lipinski definition) is 0. The van der Waals surface area contributed by atoms with Crippen molar-refractivity contribution in [1.29, 1.82) is 0 Å². The molecule has 34 heavy (non-hydrogen) atoms. The Bertz CT molecular complexity index is 1370. The number of carbonyl (C=O) groups excluding carboxylic acids is 1. The molecule has 3 heterocycles. The molecule has 0 atom stereocenters. The van der Waals surface area contributed by atoms with Crippen molar-refractivity contribution in [2.75, 3.05) is 0 Å². The summed E-state index contributed by atoms with van der Waals surface area (Å²) in [5.74, 6) is 0.610. The van der Waals surface area contributed by atoms with Crippen LogP contribution in [0, 0.1) is 6.92 Å². The Kier molecular flexibility index (Phi) is 6.27. The van der Waals surface area contributed by atoms with E-state index in [1.54, 1.807) is 23.2 Å². The number of aromatic nitrogens is 2. The number of hydrogen-bond acceptors (Lipinski definition) is 6. The van der Waals surface area contributed by atoms with Crippen molar-refractivity contribution >= 4 is 45.9 Å². The van der Waals surface area contributed by atoms with Crippen LogP contribution in [0.2, 0.25) is 0 Å². The van der Waals surface area contributed by atoms with E-state index in [0.717, 1.165) is 37.7 Å². The highest BCUT2D eigenvalue weighted by molar-refractivity contribution is 8.26. The molecule has 5 rings (SSSR count). The van der Waals surface area contributed by atoms with E-state index in [-0.39, 0.29) is 29.0 Å². The lowest BCUT2D eigenvalue weighted by atomic mass is 10.2. The molecule has 0 N–H and O–H groups in total. The summed E-state index contributed by atoms with van der Waals surface area (Å²) >= 11 is 6.77. The number of fused-ring (bicyclic) bond motifs is 1. The van der Waals surface area contributed by atoms with Crippen LogP contribution in [0.25, 0.3) is 11.7 Å². The lowest BCUT2D eigenvalue weighted by Gasteiger charge is -2.21. The van der Waals surface area contributed by atoms with E-state index in [4.69, 9.17) is 17.0 Å². The van der Waals surface area contributed by atoms with Crippen LogP contribution in [0.5, 0.6) is 11.6 Å². The SMILES string of the molecule is CCc1ccc(Oc2nc3c(C)cccn3c(=O)c2/C=C2/SC(=S)N(C3CCCC3)C2=O)cc1. The number of thioether (sulfide) groups is 1. The molecular formula is C26H25N3O3S2. The van der Waals surface area contributed by atoms with E-state index in [9.17, 15) is 9.59 Å². The summed E-state index contributed by atoms with van der Waals surface area (Å²) in [5, 5.41) is 0. The molecule has 1 aromatic carbocycles. The van der Waals surface area contributed by atoms with Crippen LogP contribution in [-0.2, 0) is 11.2 Å². The van der Waals surface area contributed by atoms with Gasteiger partial charge in [0.1, 0.15) is 21.3 Å². The Morgan fingerprint density at radius 2 is 1.91 bits per heavy atom. The van der Waals surface area contributed by atoms with E-state index in [1.807, 2.05) is 37.3 Å². The van der Waals surface area contributed by atoms with Gasteiger partial charge in [0.25, 0.3) is 11.5 Å². The minimum Gasteiger partial charge on any atom is -0.438 e. The van der Waals surface area contributed by atoms with Crippen molar-refractivity contribution in [3.8, 4) is 11.6 Å². The maximum absolute atomic E-state index is 13.5. The van der Waals surface area contributed by atoms with Gasteiger partial charge in [-0.15, -0.1) is 0 Å². The van der Waals surface area contributed by atoms with Gasteiger partial charge in [-0.1, -0.05) is 61.9 Å². The number of carbonyl (C=O) groups is 1. The lowest BCUT2D eigenvalue weighted by molar-refractivity contribution is -0.123. The van der Waals surface area contributed by atoms with Gasteiger partial charge in [0, 0.05) is 12.2 Å². The molecule has 0 spiro atoms. The molecule has 1 amide bonds. The summed E-state index contributed by atoms with van der Waals surface area (Å²) in [7, 11) is 0. The van der Waals surface area contributed by atoms with E-state index >= 15 is 0 Å². The number of thiocarbonyl (C=S) groups is 1. The fraction of sp³-hybridized carbons (Fsp3) is 0.308. The zero-order valence-corrected chi connectivity index (χ0v) is 20.7. The first-order valence-electron chi connectivity index (χ1n) is 11.5. The largest absolute Gasteiger partial charge is 0.438 e. The summed E-state index contributed by atoms with van der Waals surface area (Å²) < 4.78 is 8.15. The summed E-state index contributed by atoms with van der Waals surface area (Å²) in [5.41, 5.74) is 2.49. The third-order valence-electron chi connectivity index (χ3n) is 6.38. The highest BCUT2D eigenvalue weighted by Crippen LogP contribution is 2.38. The number of pyridine rings is 1. The van der Waals surface area contributed by atoms with Crippen molar-refractivity contribution in [2.24, 2.45) is 0 Å². The van der Waals surface area contributed by atoms with Gasteiger partial charge in [-0.3, -0.25) is 18.9 Å². The second kappa shape index (κ2) is 9.35. The number of nitrogens with zero attached hydrogens (tertiary/aromatic N) is 3. The number of aryl methyl sites for hydroxylation is 2. The molecule has 0 radical (unpaired) electrons. The molecule has 1 aliphatic heterocycles. The zero-order valence-electron chi connectivity index (χ0n) is 19.1. The smallest absolute Gasteiger partial charge is 0.269 e. The van der Waals surface area contributed by atoms with Crippen LogP contribution >= 0.6 is 24.0 Å². The highest BCUT2D eigenvalue weighted by atomic mass is 32.2. The van der Waals surface area contributed by atoms with Gasteiger partial charge in [-0.25, -0.2) is 0 Å². The van der Waals surface area contributed by atoms with Gasteiger partial charge < -0.3 is 4.74 Å². The van der Waals surface area contributed by atoms with Crippen molar-refractivity contribution in [1.82, 2.24) is 14.3 Å². The molecule has 2 fully saturated rings. The first-order chi connectivity index (χ1) is 16.5. The average Bonchev–Trinajstić information content (AvgIpc) is 3.45. The van der Waals surface area contributed by atoms with Crippen molar-refractivity contribution < 1.29 is 9.53 Å². The van der Waals surface area contributed by atoms with Gasteiger partial charge >= 0.3 is 0 Å². The van der Waals surface area contributed by atoms with E-state index in [1.165, 1.54) is 21.7 Å². The topological polar surface area (TPSA) is 63.9 Å². The third-order valence-corrected chi connectivity index (χ3v) is 7.71. The minimum absolute atomic E-state index is 0.143. The van der Waals surface area contributed by atoms with Crippen molar-refractivity contribution in [3.63, 3.8) is 0 Å². The Hall–Kier alpha value is -2.97. The molecule has 1 saturated heterocycles. The molecule has 0 unspecified atom stereocenters. The second-order valence-corrected chi connectivity index (χ2v) is 10.3. The molecule has 6 nitrogen and oxygen atoms in total. The summed E-state index contributed by atoms with van der Waals surface area (Å²) in [6.07, 6.45) is 8.31. The predicted octanol–water partition coefficient (Wildman–Crippen LogP) is 5.50. The van der Waals surface area contributed by atoms with Crippen LogP contribution in [0.3, 0.4) is 0 Å². The number of amides is 1. The fourth-order valence-electron chi connectivity index (χ4n) is 4.49. The molecule has 2 aliphatic rings. The van der Waals surface area contributed by atoms with Gasteiger partial charge in [0.2, 0.25) is 5.88 Å². The van der Waals surface area contributed by atoms with Crippen LogP contribution in [0.1, 0.15) is 49.3 Å². The normalized spacial score (nSPS) is 17.9. The first-order valence-corrected chi connectivity index (χ1v) is 12.7. The molecule has 174 valence electrons. The van der Waals surface area contributed by atoms with Gasteiger partial charge in [0.05, 0.1) is 4.91 Å². The fourth-order valence-corrected chi connectivity index (χ4v) is 5.87. The van der Waals surface area contributed by atoms with Gasteiger partial charge in [-0.05, 0) is 61.6 Å². The summed E-state index contributed by atoms with van der Waals surface area (Å²) in [6, 6.07) is 11.5. The Morgan fingerprint density at radius 1 is 1.18 bits per heavy atom. The Morgan fingerprint density at radius 3 is 2.62 bits per heavy atom. The predicted molar refractivity (Wildman–Crippen MR) is 139 cm³/mol. The van der Waals surface area contributed by atoms with E-state index in [0.29, 0.717) is 20.6 Å². The molecular weight excluding hydrogens is 466 g/mol. The van der Waals surface area contributed by atoms with Gasteiger partial charge in [0.15, 0.2) is 0 Å². The molecule has 8 heteroatoms. The summed E-state index contributed by atoms with van der Waals surface area (Å²) in [6.45, 7) is 3.98. The minimum atomic E-state index is -0.292. The molecule has 0 bridgehead atoms. The molecule has 2 aromatic heterocycles. The van der Waals surface area contributed by atoms with E-state index in [2.05, 4.69) is 11.9 Å². The number of benzene rings is 1. The highest BCUT2D eigenvalue weighted by Gasteiger charge is 2.38. The van der Waals surface area contributed by atoms with Crippen LogP contribution < -0.4 is 10.3 Å². The zero-order chi connectivity index (χ0) is 23.8. The number of rotatable bonds is 5. The van der Waals surface area contributed by atoms with Gasteiger partial charge in [-0.2, -0.15) is 4.98 Å². The third kappa shape index (κ3) is 4.16. The van der Waals surface area contributed by atoms with E-state index < -0.39 is 0 Å². The summed E-state index contributed by atoms with van der Waals surface area (Å²) in [4.78, 5) is 33.6. The lowest BCUT2D eigenvalue weighted by Crippen LogP contribution is -2.36. The van der Waals surface area contributed by atoms with Crippen LogP contribution in [0.4, 0.5) is 0 Å². The molecule has 3 aromatic rings. The molecule has 1 aliphatic carbocycles. The average molecular weight is 492 g/mol. The van der Waals surface area contributed by atoms with Crippen LogP contribution in [0.15, 0.2) is 52.3 Å². The number of ether oxygens (including phenoxy) is 1. The second-order valence-electron chi connectivity index (χ2n) is 8.61.